The van der Waals surface area contributed by atoms with E-state index in [0.29, 0.717) is 22.8 Å². The molecule has 1 amide bonds. The molecule has 0 spiro atoms. The molecule has 28 heavy (non-hydrogen) atoms. The average Bonchev–Trinajstić information content (AvgIpc) is 3.16. The molecule has 0 bridgehead atoms. The zero-order valence-electron chi connectivity index (χ0n) is 14.5. The molecule has 1 heterocycles. The van der Waals surface area contributed by atoms with Crippen LogP contribution in [0.1, 0.15) is 5.76 Å². The molecule has 2 N–H and O–H groups in total. The Hall–Kier alpha value is -4.01. The van der Waals surface area contributed by atoms with Gasteiger partial charge in [-0.2, -0.15) is 5.10 Å². The minimum atomic E-state index is -0.486. The third kappa shape index (κ3) is 4.79. The highest BCUT2D eigenvalue weighted by Crippen LogP contribution is 2.30. The number of anilines is 1. The van der Waals surface area contributed by atoms with E-state index in [1.807, 2.05) is 0 Å². The lowest BCUT2D eigenvalue weighted by atomic mass is 10.1. The number of carbonyl (C=O) groups excluding carboxylic acids is 1. The number of rotatable bonds is 7. The van der Waals surface area contributed by atoms with Gasteiger partial charge < -0.3 is 9.73 Å². The van der Waals surface area contributed by atoms with Crippen molar-refractivity contribution in [2.75, 3.05) is 11.9 Å². The second kappa shape index (κ2) is 8.58. The Labute approximate surface area is 158 Å². The molecule has 142 valence electrons. The fourth-order valence-corrected chi connectivity index (χ4v) is 2.37. The Morgan fingerprint density at radius 2 is 1.89 bits per heavy atom. The molecule has 3 rings (SSSR count). The fraction of sp³-hybridized carbons (Fsp3) is 0.0526. The predicted octanol–water partition coefficient (Wildman–Crippen LogP) is 3.56. The molecule has 0 aliphatic carbocycles. The van der Waals surface area contributed by atoms with Crippen LogP contribution in [0, 0.1) is 15.9 Å². The molecule has 3 aromatic rings. The monoisotopic (exact) mass is 382 g/mol. The van der Waals surface area contributed by atoms with Gasteiger partial charge in [0.2, 0.25) is 0 Å². The zero-order valence-corrected chi connectivity index (χ0v) is 14.5. The van der Waals surface area contributed by atoms with E-state index in [2.05, 4.69) is 15.8 Å². The highest BCUT2D eigenvalue weighted by atomic mass is 19.1. The van der Waals surface area contributed by atoms with Gasteiger partial charge >= 0.3 is 0 Å². The lowest BCUT2D eigenvalue weighted by Crippen LogP contribution is -2.25. The van der Waals surface area contributed by atoms with E-state index < -0.39 is 10.8 Å². The largest absolute Gasteiger partial charge is 0.455 e. The van der Waals surface area contributed by atoms with Crippen LogP contribution < -0.4 is 10.7 Å². The number of nitrogens with zero attached hydrogens (tertiary/aromatic N) is 2. The van der Waals surface area contributed by atoms with Gasteiger partial charge in [-0.05, 0) is 42.5 Å². The number of hydrazone groups is 1. The van der Waals surface area contributed by atoms with Crippen LogP contribution in [-0.4, -0.2) is 23.6 Å². The van der Waals surface area contributed by atoms with Gasteiger partial charge in [0.05, 0.1) is 23.2 Å². The van der Waals surface area contributed by atoms with Crippen molar-refractivity contribution in [3.63, 3.8) is 0 Å². The number of benzene rings is 2. The van der Waals surface area contributed by atoms with Crippen LogP contribution in [0.4, 0.5) is 15.8 Å². The quantitative estimate of drug-likeness (QED) is 0.369. The number of hydrogen-bond donors (Lipinski definition) is 2. The number of nitro groups is 1. The van der Waals surface area contributed by atoms with E-state index in [-0.39, 0.29) is 18.0 Å². The maximum atomic E-state index is 12.8. The van der Waals surface area contributed by atoms with Gasteiger partial charge in [0.25, 0.3) is 11.6 Å². The van der Waals surface area contributed by atoms with Crippen LogP contribution in [0.25, 0.3) is 11.3 Å². The standard InChI is InChI=1S/C19H15FN4O4/c20-13-5-7-14(8-6-13)21-12-19(25)23-22-11-15-9-10-18(28-15)16-3-1-2-4-17(16)24(26)27/h1-11,21H,12H2,(H,23,25)/b22-11-. The SMILES string of the molecule is O=C(CNc1ccc(F)cc1)N/N=C\c1ccc(-c2ccccc2[N+](=O)[O-])o1. The molecular weight excluding hydrogens is 367 g/mol. The molecule has 9 heteroatoms. The van der Waals surface area contributed by atoms with Gasteiger partial charge in [-0.1, -0.05) is 12.1 Å². The van der Waals surface area contributed by atoms with Gasteiger partial charge in [0.15, 0.2) is 0 Å². The lowest BCUT2D eigenvalue weighted by molar-refractivity contribution is -0.384. The topological polar surface area (TPSA) is 110 Å². The molecule has 0 unspecified atom stereocenters. The average molecular weight is 382 g/mol. The van der Waals surface area contributed by atoms with Gasteiger partial charge in [0.1, 0.15) is 17.3 Å². The van der Waals surface area contributed by atoms with E-state index in [4.69, 9.17) is 4.42 Å². The van der Waals surface area contributed by atoms with Crippen LogP contribution in [0.5, 0.6) is 0 Å². The van der Waals surface area contributed by atoms with Crippen molar-refractivity contribution in [3.05, 3.63) is 82.4 Å². The van der Waals surface area contributed by atoms with Crippen LogP contribution in [0.3, 0.4) is 0 Å². The van der Waals surface area contributed by atoms with Gasteiger partial charge in [-0.15, -0.1) is 0 Å². The molecule has 0 atom stereocenters. The normalized spacial score (nSPS) is 10.8. The summed E-state index contributed by atoms with van der Waals surface area (Å²) in [7, 11) is 0. The Morgan fingerprint density at radius 1 is 1.14 bits per heavy atom. The minimum Gasteiger partial charge on any atom is -0.455 e. The van der Waals surface area contributed by atoms with E-state index in [1.165, 1.54) is 36.5 Å². The Morgan fingerprint density at radius 3 is 2.64 bits per heavy atom. The minimum absolute atomic E-state index is 0.0530. The van der Waals surface area contributed by atoms with Gasteiger partial charge in [-0.3, -0.25) is 14.9 Å². The Bertz CT molecular complexity index is 1010. The Kier molecular flexibility index (Phi) is 5.75. The maximum Gasteiger partial charge on any atom is 0.280 e. The first-order valence-corrected chi connectivity index (χ1v) is 8.18. The van der Waals surface area contributed by atoms with E-state index in [0.717, 1.165) is 0 Å². The number of nitrogens with one attached hydrogen (secondary N) is 2. The second-order valence-corrected chi connectivity index (χ2v) is 5.63. The van der Waals surface area contributed by atoms with Gasteiger partial charge in [-0.25, -0.2) is 9.82 Å². The molecule has 0 aliphatic rings. The summed E-state index contributed by atoms with van der Waals surface area (Å²) in [5.74, 6) is -0.137. The van der Waals surface area contributed by atoms with Crippen LogP contribution in [0.2, 0.25) is 0 Å². The first-order chi connectivity index (χ1) is 13.5. The number of halogens is 1. The molecule has 0 fully saturated rings. The second-order valence-electron chi connectivity index (χ2n) is 5.63. The summed E-state index contributed by atoms with van der Waals surface area (Å²) in [5, 5.41) is 17.7. The van der Waals surface area contributed by atoms with Gasteiger partial charge in [0, 0.05) is 11.8 Å². The molecule has 0 saturated heterocycles. The molecular formula is C19H15FN4O4. The van der Waals surface area contributed by atoms with Crippen molar-refractivity contribution in [1.29, 1.82) is 0 Å². The van der Waals surface area contributed by atoms with Crippen LogP contribution in [-0.2, 0) is 4.79 Å². The van der Waals surface area contributed by atoms with Crippen molar-refractivity contribution in [2.45, 2.75) is 0 Å². The first kappa shape index (κ1) is 18.8. The van der Waals surface area contributed by atoms with Crippen molar-refractivity contribution < 1.29 is 18.5 Å². The molecule has 2 aromatic carbocycles. The van der Waals surface area contributed by atoms with Crippen molar-refractivity contribution in [1.82, 2.24) is 5.43 Å². The van der Waals surface area contributed by atoms with Crippen molar-refractivity contribution in [2.24, 2.45) is 5.10 Å². The summed E-state index contributed by atoms with van der Waals surface area (Å²) in [6.07, 6.45) is 1.29. The Balaban J connectivity index is 1.56. The smallest absolute Gasteiger partial charge is 0.280 e. The number of nitro benzene ring substituents is 1. The van der Waals surface area contributed by atoms with Crippen LogP contribution in [0.15, 0.2) is 70.2 Å². The summed E-state index contributed by atoms with van der Waals surface area (Å²) in [6, 6.07) is 15.0. The summed E-state index contributed by atoms with van der Waals surface area (Å²) in [6.45, 7) is -0.0530. The van der Waals surface area contributed by atoms with Crippen molar-refractivity contribution in [3.8, 4) is 11.3 Å². The van der Waals surface area contributed by atoms with E-state index >= 15 is 0 Å². The maximum absolute atomic E-state index is 12.8. The number of hydrogen-bond acceptors (Lipinski definition) is 6. The van der Waals surface area contributed by atoms with Crippen molar-refractivity contribution >= 4 is 23.5 Å². The number of carbonyl (C=O) groups is 1. The fourth-order valence-electron chi connectivity index (χ4n) is 2.37. The summed E-state index contributed by atoms with van der Waals surface area (Å²) in [4.78, 5) is 22.4. The van der Waals surface area contributed by atoms with E-state index in [9.17, 15) is 19.3 Å². The predicted molar refractivity (Wildman–Crippen MR) is 101 cm³/mol. The molecule has 1 aromatic heterocycles. The third-order valence-electron chi connectivity index (χ3n) is 3.67. The summed E-state index contributed by atoms with van der Waals surface area (Å²) < 4.78 is 18.3. The first-order valence-electron chi connectivity index (χ1n) is 8.18. The highest BCUT2D eigenvalue weighted by molar-refractivity contribution is 5.83. The van der Waals surface area contributed by atoms with Crippen LogP contribution >= 0.6 is 0 Å². The number of amides is 1. The third-order valence-corrected chi connectivity index (χ3v) is 3.67. The molecule has 0 radical (unpaired) electrons. The summed E-state index contributed by atoms with van der Waals surface area (Å²) >= 11 is 0. The summed E-state index contributed by atoms with van der Waals surface area (Å²) in [5.41, 5.74) is 3.19. The lowest BCUT2D eigenvalue weighted by Gasteiger charge is -2.04. The van der Waals surface area contributed by atoms with E-state index in [1.54, 1.807) is 30.3 Å². The molecule has 8 nitrogen and oxygen atoms in total. The number of furan rings is 1. The molecule has 0 aliphatic heterocycles. The highest BCUT2D eigenvalue weighted by Gasteiger charge is 2.16. The molecule has 0 saturated carbocycles. The zero-order chi connectivity index (χ0) is 19.9. The number of para-hydroxylation sites is 1.